The standard InChI is InChI=1S/C18H19N3O2S/c1-23-13-8-6-11(7-9-13)16(22)17-15(20)14(10-19)18(24-17)21-12-4-2-3-5-12/h6-9,12,21H,2-5,20H2,1H3. The number of rotatable bonds is 5. The van der Waals surface area contributed by atoms with Crippen molar-refractivity contribution in [2.45, 2.75) is 31.7 Å². The number of carbonyl (C=O) groups excluding carboxylic acids is 1. The summed E-state index contributed by atoms with van der Waals surface area (Å²) in [5, 5.41) is 13.5. The number of nitrogens with zero attached hydrogens (tertiary/aromatic N) is 1. The quantitative estimate of drug-likeness (QED) is 0.808. The Balaban J connectivity index is 1.90. The summed E-state index contributed by atoms with van der Waals surface area (Å²) in [6, 6.07) is 9.38. The zero-order valence-corrected chi connectivity index (χ0v) is 14.3. The number of anilines is 2. The molecule has 6 heteroatoms. The molecule has 0 aliphatic heterocycles. The van der Waals surface area contributed by atoms with Crippen molar-refractivity contribution in [2.75, 3.05) is 18.2 Å². The normalized spacial score (nSPS) is 14.3. The molecule has 0 saturated heterocycles. The molecule has 1 aromatic heterocycles. The van der Waals surface area contributed by atoms with E-state index < -0.39 is 0 Å². The number of ether oxygens (including phenoxy) is 1. The van der Waals surface area contributed by atoms with Crippen LogP contribution < -0.4 is 15.8 Å². The van der Waals surface area contributed by atoms with E-state index in [0.29, 0.717) is 32.8 Å². The van der Waals surface area contributed by atoms with Gasteiger partial charge in [-0.2, -0.15) is 5.26 Å². The molecule has 5 nitrogen and oxygen atoms in total. The summed E-state index contributed by atoms with van der Waals surface area (Å²) in [4.78, 5) is 13.2. The van der Waals surface area contributed by atoms with Gasteiger partial charge in [0.2, 0.25) is 5.78 Å². The molecular formula is C18H19N3O2S. The maximum Gasteiger partial charge on any atom is 0.205 e. The van der Waals surface area contributed by atoms with E-state index in [0.717, 1.165) is 12.8 Å². The van der Waals surface area contributed by atoms with Crippen molar-refractivity contribution in [1.82, 2.24) is 0 Å². The van der Waals surface area contributed by atoms with Gasteiger partial charge >= 0.3 is 0 Å². The van der Waals surface area contributed by atoms with Crippen molar-refractivity contribution in [1.29, 1.82) is 5.26 Å². The second-order valence-electron chi connectivity index (χ2n) is 5.84. The molecule has 124 valence electrons. The Morgan fingerprint density at radius 3 is 2.58 bits per heavy atom. The first-order chi connectivity index (χ1) is 11.6. The zero-order chi connectivity index (χ0) is 17.1. The average Bonchev–Trinajstić information content (AvgIpc) is 3.22. The lowest BCUT2D eigenvalue weighted by atomic mass is 10.1. The molecule has 1 aliphatic rings. The van der Waals surface area contributed by atoms with Crippen LogP contribution in [0.3, 0.4) is 0 Å². The minimum absolute atomic E-state index is 0.170. The largest absolute Gasteiger partial charge is 0.497 e. The number of carbonyl (C=O) groups is 1. The number of methoxy groups -OCH3 is 1. The van der Waals surface area contributed by atoms with Crippen LogP contribution in [0.5, 0.6) is 5.75 Å². The molecule has 1 saturated carbocycles. The molecular weight excluding hydrogens is 322 g/mol. The second kappa shape index (κ2) is 6.93. The molecule has 0 unspecified atom stereocenters. The van der Waals surface area contributed by atoms with Crippen molar-refractivity contribution in [3.05, 3.63) is 40.3 Å². The minimum Gasteiger partial charge on any atom is -0.497 e. The smallest absolute Gasteiger partial charge is 0.205 e. The summed E-state index contributed by atoms with van der Waals surface area (Å²) in [5.74, 6) is 0.517. The molecule has 0 spiro atoms. The first kappa shape index (κ1) is 16.3. The van der Waals surface area contributed by atoms with Crippen LogP contribution in [0.1, 0.15) is 46.5 Å². The van der Waals surface area contributed by atoms with E-state index in [1.807, 2.05) is 0 Å². The third-order valence-electron chi connectivity index (χ3n) is 4.31. The van der Waals surface area contributed by atoms with Crippen molar-refractivity contribution < 1.29 is 9.53 Å². The maximum atomic E-state index is 12.7. The third kappa shape index (κ3) is 3.08. The number of nitrogen functional groups attached to an aromatic ring is 1. The Labute approximate surface area is 145 Å². The molecule has 0 bridgehead atoms. The van der Waals surface area contributed by atoms with Crippen LogP contribution in [0.25, 0.3) is 0 Å². The molecule has 1 aromatic carbocycles. The van der Waals surface area contributed by atoms with Gasteiger partial charge in [-0.15, -0.1) is 11.3 Å². The molecule has 3 N–H and O–H groups in total. The van der Waals surface area contributed by atoms with E-state index in [2.05, 4.69) is 11.4 Å². The first-order valence-corrected chi connectivity index (χ1v) is 8.73. The predicted molar refractivity (Wildman–Crippen MR) is 95.8 cm³/mol. The summed E-state index contributed by atoms with van der Waals surface area (Å²) in [5.41, 5.74) is 7.26. The Kier molecular flexibility index (Phi) is 4.72. The average molecular weight is 341 g/mol. The van der Waals surface area contributed by atoms with Gasteiger partial charge in [0.1, 0.15) is 27.3 Å². The molecule has 3 rings (SSSR count). The van der Waals surface area contributed by atoms with E-state index in [-0.39, 0.29) is 11.5 Å². The molecule has 0 radical (unpaired) electrons. The van der Waals surface area contributed by atoms with Crippen molar-refractivity contribution >= 4 is 27.8 Å². The fraction of sp³-hybridized carbons (Fsp3) is 0.333. The van der Waals surface area contributed by atoms with Gasteiger partial charge in [-0.3, -0.25) is 4.79 Å². The summed E-state index contributed by atoms with van der Waals surface area (Å²) < 4.78 is 5.11. The summed E-state index contributed by atoms with van der Waals surface area (Å²) in [7, 11) is 1.58. The van der Waals surface area contributed by atoms with Crippen molar-refractivity contribution in [2.24, 2.45) is 0 Å². The Morgan fingerprint density at radius 1 is 1.33 bits per heavy atom. The van der Waals surface area contributed by atoms with Crippen LogP contribution in [0, 0.1) is 11.3 Å². The van der Waals surface area contributed by atoms with Gasteiger partial charge in [0.15, 0.2) is 0 Å². The molecule has 1 aliphatic carbocycles. The highest BCUT2D eigenvalue weighted by atomic mass is 32.1. The maximum absolute atomic E-state index is 12.7. The number of ketones is 1. The van der Waals surface area contributed by atoms with Crippen LogP contribution in [0.15, 0.2) is 24.3 Å². The Bertz CT molecular complexity index is 784. The van der Waals surface area contributed by atoms with Gasteiger partial charge in [0.05, 0.1) is 12.8 Å². The number of thiophene rings is 1. The fourth-order valence-electron chi connectivity index (χ4n) is 2.95. The molecule has 2 aromatic rings. The number of nitriles is 1. The zero-order valence-electron chi connectivity index (χ0n) is 13.5. The molecule has 0 atom stereocenters. The Hall–Kier alpha value is -2.52. The number of hydrogen-bond donors (Lipinski definition) is 2. The Morgan fingerprint density at radius 2 is 2.00 bits per heavy atom. The van der Waals surface area contributed by atoms with Gasteiger partial charge in [-0.05, 0) is 37.1 Å². The van der Waals surface area contributed by atoms with Gasteiger partial charge in [-0.25, -0.2) is 0 Å². The number of hydrogen-bond acceptors (Lipinski definition) is 6. The molecule has 24 heavy (non-hydrogen) atoms. The highest BCUT2D eigenvalue weighted by Gasteiger charge is 2.24. The SMILES string of the molecule is COc1ccc(C(=O)c2sc(NC3CCCC3)c(C#N)c2N)cc1. The third-order valence-corrected chi connectivity index (χ3v) is 5.44. The van der Waals surface area contributed by atoms with Gasteiger partial charge in [-0.1, -0.05) is 12.8 Å². The van der Waals surface area contributed by atoms with E-state index >= 15 is 0 Å². The van der Waals surface area contributed by atoms with Crippen LogP contribution in [-0.4, -0.2) is 18.9 Å². The predicted octanol–water partition coefficient (Wildman–Crippen LogP) is 3.80. The lowest BCUT2D eigenvalue weighted by Crippen LogP contribution is -2.14. The molecule has 1 fully saturated rings. The van der Waals surface area contributed by atoms with Crippen LogP contribution in [0.2, 0.25) is 0 Å². The topological polar surface area (TPSA) is 88.1 Å². The highest BCUT2D eigenvalue weighted by Crippen LogP contribution is 2.38. The number of nitrogens with two attached hydrogens (primary N) is 1. The number of benzene rings is 1. The lowest BCUT2D eigenvalue weighted by molar-refractivity contribution is 0.104. The summed E-state index contributed by atoms with van der Waals surface area (Å²) in [6.07, 6.45) is 4.56. The summed E-state index contributed by atoms with van der Waals surface area (Å²) in [6.45, 7) is 0. The molecule has 0 amide bonds. The number of nitrogens with one attached hydrogen (secondary N) is 1. The van der Waals surface area contributed by atoms with E-state index in [1.165, 1.54) is 24.2 Å². The minimum atomic E-state index is -0.170. The van der Waals surface area contributed by atoms with Crippen LogP contribution in [-0.2, 0) is 0 Å². The monoisotopic (exact) mass is 341 g/mol. The van der Waals surface area contributed by atoms with E-state index in [9.17, 15) is 10.1 Å². The highest BCUT2D eigenvalue weighted by molar-refractivity contribution is 7.19. The second-order valence-corrected chi connectivity index (χ2v) is 6.86. The van der Waals surface area contributed by atoms with Crippen molar-refractivity contribution in [3.8, 4) is 11.8 Å². The van der Waals surface area contributed by atoms with Gasteiger partial charge in [0, 0.05) is 11.6 Å². The summed E-state index contributed by atoms with van der Waals surface area (Å²) >= 11 is 1.27. The van der Waals surface area contributed by atoms with E-state index in [4.69, 9.17) is 10.5 Å². The molecule has 1 heterocycles. The lowest BCUT2D eigenvalue weighted by Gasteiger charge is -2.11. The fourth-order valence-corrected chi connectivity index (χ4v) is 4.06. The van der Waals surface area contributed by atoms with Gasteiger partial charge < -0.3 is 15.8 Å². The van der Waals surface area contributed by atoms with Crippen molar-refractivity contribution in [3.63, 3.8) is 0 Å². The van der Waals surface area contributed by atoms with Crippen LogP contribution >= 0.6 is 11.3 Å². The van der Waals surface area contributed by atoms with Crippen LogP contribution in [0.4, 0.5) is 10.7 Å². The van der Waals surface area contributed by atoms with E-state index in [1.54, 1.807) is 31.4 Å². The van der Waals surface area contributed by atoms with Gasteiger partial charge in [0.25, 0.3) is 0 Å². The first-order valence-electron chi connectivity index (χ1n) is 7.91.